The molecule has 21 heavy (non-hydrogen) atoms. The second kappa shape index (κ2) is 6.97. The summed E-state index contributed by atoms with van der Waals surface area (Å²) in [6.07, 6.45) is 2.96. The summed E-state index contributed by atoms with van der Waals surface area (Å²) in [7, 11) is -3.87. The van der Waals surface area contributed by atoms with Crippen LogP contribution in [0.5, 0.6) is 0 Å². The first-order valence-electron chi connectivity index (χ1n) is 6.81. The number of sulfonamides is 1. The van der Waals surface area contributed by atoms with Crippen LogP contribution in [0.25, 0.3) is 0 Å². The van der Waals surface area contributed by atoms with E-state index in [2.05, 4.69) is 4.72 Å². The summed E-state index contributed by atoms with van der Waals surface area (Å²) in [4.78, 5) is 9.83. The number of hydrogen-bond donors (Lipinski definition) is 1. The fourth-order valence-corrected chi connectivity index (χ4v) is 3.07. The number of rotatable bonds is 9. The second-order valence-corrected chi connectivity index (χ2v) is 6.73. The van der Waals surface area contributed by atoms with Gasteiger partial charge < -0.3 is 4.74 Å². The lowest BCUT2D eigenvalue weighted by Crippen LogP contribution is -2.26. The maximum atomic E-state index is 12.1. The Labute approximate surface area is 123 Å². The lowest BCUT2D eigenvalue weighted by atomic mass is 10.3. The van der Waals surface area contributed by atoms with Crippen molar-refractivity contribution in [2.75, 3.05) is 19.8 Å². The van der Waals surface area contributed by atoms with Crippen molar-refractivity contribution in [2.24, 2.45) is 5.92 Å². The van der Waals surface area contributed by atoms with E-state index in [1.165, 1.54) is 37.1 Å². The van der Waals surface area contributed by atoms with Gasteiger partial charge in [-0.3, -0.25) is 10.1 Å². The molecule has 1 fully saturated rings. The topological polar surface area (TPSA) is 98.5 Å². The number of ether oxygens (including phenoxy) is 1. The second-order valence-electron chi connectivity index (χ2n) is 4.99. The molecule has 0 unspecified atom stereocenters. The molecule has 0 amide bonds. The van der Waals surface area contributed by atoms with E-state index in [1.807, 2.05) is 0 Å². The van der Waals surface area contributed by atoms with Crippen molar-refractivity contribution in [3.05, 3.63) is 34.4 Å². The number of nitro groups is 1. The number of para-hydroxylation sites is 1. The lowest BCUT2D eigenvalue weighted by molar-refractivity contribution is -0.387. The summed E-state index contributed by atoms with van der Waals surface area (Å²) in [5.41, 5.74) is -0.421. The molecule has 1 N–H and O–H groups in total. The number of nitro benzene ring substituents is 1. The lowest BCUT2D eigenvalue weighted by Gasteiger charge is -2.07. The molecule has 2 rings (SSSR count). The average Bonchev–Trinajstić information content (AvgIpc) is 3.27. The van der Waals surface area contributed by atoms with Crippen LogP contribution in [-0.2, 0) is 14.8 Å². The van der Waals surface area contributed by atoms with Crippen molar-refractivity contribution in [1.82, 2.24) is 4.72 Å². The first kappa shape index (κ1) is 15.9. The Morgan fingerprint density at radius 3 is 2.71 bits per heavy atom. The predicted octanol–water partition coefficient (Wildman–Crippen LogP) is 1.69. The zero-order valence-corrected chi connectivity index (χ0v) is 12.3. The number of nitrogens with one attached hydrogen (secondary N) is 1. The summed E-state index contributed by atoms with van der Waals surface area (Å²) in [6, 6.07) is 5.29. The van der Waals surface area contributed by atoms with E-state index < -0.39 is 20.6 Å². The quantitative estimate of drug-likeness (QED) is 0.425. The van der Waals surface area contributed by atoms with E-state index in [4.69, 9.17) is 4.74 Å². The van der Waals surface area contributed by atoms with Gasteiger partial charge in [-0.15, -0.1) is 0 Å². The number of nitrogens with zero attached hydrogens (tertiary/aromatic N) is 1. The van der Waals surface area contributed by atoms with E-state index in [0.717, 1.165) is 6.61 Å². The molecular formula is C13H18N2O5S. The molecular weight excluding hydrogens is 296 g/mol. The van der Waals surface area contributed by atoms with Crippen molar-refractivity contribution < 1.29 is 18.1 Å². The van der Waals surface area contributed by atoms with E-state index in [0.29, 0.717) is 18.9 Å². The molecule has 0 bridgehead atoms. The van der Waals surface area contributed by atoms with Crippen molar-refractivity contribution >= 4 is 15.7 Å². The standard InChI is InChI=1S/C13H18N2O5S/c16-15(17)12-4-1-2-5-13(12)21(18,19)14-8-3-9-20-10-11-6-7-11/h1-2,4-5,11,14H,3,6-10H2. The van der Waals surface area contributed by atoms with Gasteiger partial charge in [0, 0.05) is 25.8 Å². The highest BCUT2D eigenvalue weighted by Crippen LogP contribution is 2.28. The van der Waals surface area contributed by atoms with Gasteiger partial charge in [0.05, 0.1) is 4.92 Å². The Morgan fingerprint density at radius 1 is 1.33 bits per heavy atom. The van der Waals surface area contributed by atoms with Gasteiger partial charge in [0.25, 0.3) is 5.69 Å². The minimum Gasteiger partial charge on any atom is -0.381 e. The molecule has 0 heterocycles. The van der Waals surface area contributed by atoms with Crippen LogP contribution in [-0.4, -0.2) is 33.1 Å². The van der Waals surface area contributed by atoms with Crippen LogP contribution in [0.4, 0.5) is 5.69 Å². The van der Waals surface area contributed by atoms with Crippen LogP contribution in [0.15, 0.2) is 29.2 Å². The molecule has 0 aromatic heterocycles. The third kappa shape index (κ3) is 4.76. The Kier molecular flexibility index (Phi) is 5.27. The van der Waals surface area contributed by atoms with E-state index in [-0.39, 0.29) is 11.4 Å². The first-order chi connectivity index (χ1) is 10.0. The van der Waals surface area contributed by atoms with Crippen molar-refractivity contribution in [2.45, 2.75) is 24.2 Å². The van der Waals surface area contributed by atoms with Crippen molar-refractivity contribution in [3.63, 3.8) is 0 Å². The fourth-order valence-electron chi connectivity index (χ4n) is 1.83. The maximum absolute atomic E-state index is 12.1. The van der Waals surface area contributed by atoms with Gasteiger partial charge >= 0.3 is 0 Å². The molecule has 0 saturated heterocycles. The van der Waals surface area contributed by atoms with Crippen molar-refractivity contribution in [1.29, 1.82) is 0 Å². The first-order valence-corrected chi connectivity index (χ1v) is 8.30. The zero-order chi connectivity index (χ0) is 15.3. The van der Waals surface area contributed by atoms with Gasteiger partial charge in [-0.2, -0.15) is 0 Å². The Hall–Kier alpha value is -1.51. The summed E-state index contributed by atoms with van der Waals surface area (Å²) >= 11 is 0. The Morgan fingerprint density at radius 2 is 2.05 bits per heavy atom. The molecule has 1 saturated carbocycles. The predicted molar refractivity (Wildman–Crippen MR) is 76.4 cm³/mol. The van der Waals surface area contributed by atoms with E-state index >= 15 is 0 Å². The van der Waals surface area contributed by atoms with E-state index in [1.54, 1.807) is 0 Å². The van der Waals surface area contributed by atoms with Crippen LogP contribution in [0.2, 0.25) is 0 Å². The van der Waals surface area contributed by atoms with Gasteiger partial charge in [-0.05, 0) is 31.2 Å². The smallest absolute Gasteiger partial charge is 0.289 e. The molecule has 0 aliphatic heterocycles. The summed E-state index contributed by atoms with van der Waals surface area (Å²) < 4.78 is 31.9. The molecule has 1 aliphatic rings. The van der Waals surface area contributed by atoms with Gasteiger partial charge in [-0.1, -0.05) is 12.1 Å². The molecule has 1 aliphatic carbocycles. The van der Waals surface area contributed by atoms with Crippen LogP contribution < -0.4 is 4.72 Å². The average molecular weight is 314 g/mol. The van der Waals surface area contributed by atoms with Crippen LogP contribution in [0.1, 0.15) is 19.3 Å². The molecule has 1 aromatic carbocycles. The van der Waals surface area contributed by atoms with Crippen LogP contribution in [0.3, 0.4) is 0 Å². The third-order valence-corrected chi connectivity index (χ3v) is 4.67. The highest BCUT2D eigenvalue weighted by Gasteiger charge is 2.24. The maximum Gasteiger partial charge on any atom is 0.289 e. The van der Waals surface area contributed by atoms with Crippen LogP contribution in [0, 0.1) is 16.0 Å². The summed E-state index contributed by atoms with van der Waals surface area (Å²) in [5.74, 6) is 0.675. The minimum atomic E-state index is -3.87. The van der Waals surface area contributed by atoms with Gasteiger partial charge in [0.1, 0.15) is 0 Å². The van der Waals surface area contributed by atoms with Crippen LogP contribution >= 0.6 is 0 Å². The third-order valence-electron chi connectivity index (χ3n) is 3.16. The number of benzene rings is 1. The normalized spacial score (nSPS) is 15.0. The highest BCUT2D eigenvalue weighted by molar-refractivity contribution is 7.89. The molecule has 0 atom stereocenters. The minimum absolute atomic E-state index is 0.194. The van der Waals surface area contributed by atoms with Gasteiger partial charge in [0.15, 0.2) is 4.90 Å². The van der Waals surface area contributed by atoms with E-state index in [9.17, 15) is 18.5 Å². The summed E-state index contributed by atoms with van der Waals surface area (Å²) in [6.45, 7) is 1.41. The number of hydrogen-bond acceptors (Lipinski definition) is 5. The molecule has 7 nitrogen and oxygen atoms in total. The summed E-state index contributed by atoms with van der Waals surface area (Å²) in [5, 5.41) is 10.8. The molecule has 116 valence electrons. The molecule has 0 spiro atoms. The Balaban J connectivity index is 1.84. The largest absolute Gasteiger partial charge is 0.381 e. The monoisotopic (exact) mass is 314 g/mol. The fraction of sp³-hybridized carbons (Fsp3) is 0.538. The Bertz CT molecular complexity index is 598. The molecule has 1 aromatic rings. The SMILES string of the molecule is O=[N+]([O-])c1ccccc1S(=O)(=O)NCCCOCC1CC1. The van der Waals surface area contributed by atoms with Crippen molar-refractivity contribution in [3.8, 4) is 0 Å². The van der Waals surface area contributed by atoms with Gasteiger partial charge in [0.2, 0.25) is 10.0 Å². The molecule has 8 heteroatoms. The van der Waals surface area contributed by atoms with Gasteiger partial charge in [-0.25, -0.2) is 13.1 Å². The zero-order valence-electron chi connectivity index (χ0n) is 11.5. The highest BCUT2D eigenvalue weighted by atomic mass is 32.2. The molecule has 0 radical (unpaired) electrons.